The second-order valence-corrected chi connectivity index (χ2v) is 9.69. The van der Waals surface area contributed by atoms with Gasteiger partial charge in [0.1, 0.15) is 16.8 Å². The van der Waals surface area contributed by atoms with E-state index >= 15 is 0 Å². The normalized spacial score (nSPS) is 13.0. The molecule has 0 fully saturated rings. The summed E-state index contributed by atoms with van der Waals surface area (Å²) in [5.74, 6) is -1.31. The summed E-state index contributed by atoms with van der Waals surface area (Å²) in [6.07, 6.45) is 0.151. The zero-order valence-corrected chi connectivity index (χ0v) is 19.3. The van der Waals surface area contributed by atoms with E-state index in [2.05, 4.69) is 42.6 Å². The highest BCUT2D eigenvalue weighted by atomic mass is 32.2. The molecular weight excluding hydrogens is 417 g/mol. The van der Waals surface area contributed by atoms with Gasteiger partial charge in [-0.25, -0.2) is 12.8 Å². The van der Waals surface area contributed by atoms with Gasteiger partial charge in [-0.05, 0) is 51.8 Å². The smallest absolute Gasteiger partial charge is 0.244 e. The van der Waals surface area contributed by atoms with Gasteiger partial charge in [0, 0.05) is 25.2 Å². The Morgan fingerprint density at radius 2 is 1.55 bits per heavy atom. The fourth-order valence-electron chi connectivity index (χ4n) is 3.50. The number of rotatable bonds is 11. The van der Waals surface area contributed by atoms with Crippen LogP contribution in [0.5, 0.6) is 0 Å². The van der Waals surface area contributed by atoms with E-state index in [0.29, 0.717) is 25.2 Å². The number of nitrogens with zero attached hydrogens (tertiary/aromatic N) is 1. The molecule has 2 N–H and O–H groups in total. The van der Waals surface area contributed by atoms with Gasteiger partial charge in [0.05, 0.1) is 0 Å². The summed E-state index contributed by atoms with van der Waals surface area (Å²) >= 11 is 0. The lowest BCUT2D eigenvalue weighted by molar-refractivity contribution is -0.122. The number of hydrogen-bond donors (Lipinski definition) is 2. The first-order valence-electron chi connectivity index (χ1n) is 10.5. The van der Waals surface area contributed by atoms with Crippen molar-refractivity contribution in [2.24, 2.45) is 0 Å². The number of sulfonamides is 1. The highest BCUT2D eigenvalue weighted by Crippen LogP contribution is 2.15. The first-order valence-corrected chi connectivity index (χ1v) is 11.9. The largest absolute Gasteiger partial charge is 0.353 e. The van der Waals surface area contributed by atoms with Crippen LogP contribution in [0, 0.1) is 5.82 Å². The summed E-state index contributed by atoms with van der Waals surface area (Å²) in [6.45, 7) is 9.36. The third-order valence-electron chi connectivity index (χ3n) is 5.02. The van der Waals surface area contributed by atoms with Crippen LogP contribution in [0.25, 0.3) is 0 Å². The molecule has 2 aromatic rings. The Morgan fingerprint density at radius 3 is 2.13 bits per heavy atom. The standard InChI is InChI=1S/C23H32FN3O3S/c1-17(2)27(18(3)4)15-14-25-23(28)21(16-19-10-6-5-7-11-19)26-31(29,30)22-13-9-8-12-20(22)24/h5-13,17-18,21,26H,14-16H2,1-4H3,(H,25,28)/t21-/m1/s1. The minimum Gasteiger partial charge on any atom is -0.353 e. The van der Waals surface area contributed by atoms with Crippen molar-refractivity contribution in [3.05, 3.63) is 66.0 Å². The van der Waals surface area contributed by atoms with Gasteiger partial charge in [0.15, 0.2) is 0 Å². The highest BCUT2D eigenvalue weighted by molar-refractivity contribution is 7.89. The van der Waals surface area contributed by atoms with Crippen molar-refractivity contribution < 1.29 is 17.6 Å². The highest BCUT2D eigenvalue weighted by Gasteiger charge is 2.28. The van der Waals surface area contributed by atoms with Crippen molar-refractivity contribution in [3.63, 3.8) is 0 Å². The van der Waals surface area contributed by atoms with Crippen molar-refractivity contribution in [1.82, 2.24) is 14.9 Å². The van der Waals surface area contributed by atoms with E-state index in [1.807, 2.05) is 30.3 Å². The van der Waals surface area contributed by atoms with Gasteiger partial charge in [-0.2, -0.15) is 4.72 Å². The molecule has 2 aromatic carbocycles. The average Bonchev–Trinajstić information content (AvgIpc) is 2.70. The van der Waals surface area contributed by atoms with E-state index in [9.17, 15) is 17.6 Å². The molecule has 8 heteroatoms. The number of carbonyl (C=O) groups excluding carboxylic acids is 1. The summed E-state index contributed by atoms with van der Waals surface area (Å²) in [4.78, 5) is 14.7. The van der Waals surface area contributed by atoms with E-state index < -0.39 is 32.7 Å². The Kier molecular flexibility index (Phi) is 9.15. The summed E-state index contributed by atoms with van der Waals surface area (Å²) in [5.41, 5.74) is 0.796. The fourth-order valence-corrected chi connectivity index (χ4v) is 4.77. The number of amides is 1. The second-order valence-electron chi connectivity index (χ2n) is 8.01. The van der Waals surface area contributed by atoms with Gasteiger partial charge in [-0.3, -0.25) is 9.69 Å². The second kappa shape index (κ2) is 11.4. The lowest BCUT2D eigenvalue weighted by Gasteiger charge is -2.30. The van der Waals surface area contributed by atoms with Crippen molar-refractivity contribution in [2.45, 2.75) is 57.1 Å². The van der Waals surface area contributed by atoms with Crippen molar-refractivity contribution in [1.29, 1.82) is 0 Å². The van der Waals surface area contributed by atoms with Gasteiger partial charge >= 0.3 is 0 Å². The molecule has 1 atom stereocenters. The number of benzene rings is 2. The number of carbonyl (C=O) groups is 1. The SMILES string of the molecule is CC(C)N(CCNC(=O)[C@@H](Cc1ccccc1)NS(=O)(=O)c1ccccc1F)C(C)C. The zero-order chi connectivity index (χ0) is 23.0. The molecule has 0 saturated heterocycles. The van der Waals surface area contributed by atoms with Crippen LogP contribution in [0.3, 0.4) is 0 Å². The molecule has 0 radical (unpaired) electrons. The van der Waals surface area contributed by atoms with Gasteiger partial charge < -0.3 is 5.32 Å². The molecule has 0 aliphatic carbocycles. The maximum atomic E-state index is 14.1. The third-order valence-corrected chi connectivity index (χ3v) is 6.52. The van der Waals surface area contributed by atoms with E-state index in [-0.39, 0.29) is 6.42 Å². The fraction of sp³-hybridized carbons (Fsp3) is 0.435. The van der Waals surface area contributed by atoms with Crippen molar-refractivity contribution in [3.8, 4) is 0 Å². The Morgan fingerprint density at radius 1 is 0.968 bits per heavy atom. The molecule has 0 aliphatic heterocycles. The number of halogens is 1. The molecule has 6 nitrogen and oxygen atoms in total. The molecule has 0 saturated carbocycles. The Balaban J connectivity index is 2.16. The zero-order valence-electron chi connectivity index (χ0n) is 18.5. The first-order chi connectivity index (χ1) is 14.6. The van der Waals surface area contributed by atoms with E-state index in [0.717, 1.165) is 11.6 Å². The summed E-state index contributed by atoms with van der Waals surface area (Å²) in [5, 5.41) is 2.83. The van der Waals surface area contributed by atoms with Crippen LogP contribution in [0.2, 0.25) is 0 Å². The third kappa shape index (κ3) is 7.41. The van der Waals surface area contributed by atoms with Crippen LogP contribution in [0.15, 0.2) is 59.5 Å². The van der Waals surface area contributed by atoms with E-state index in [4.69, 9.17) is 0 Å². The van der Waals surface area contributed by atoms with Gasteiger partial charge in [-0.15, -0.1) is 0 Å². The van der Waals surface area contributed by atoms with Crippen LogP contribution in [-0.2, 0) is 21.2 Å². The van der Waals surface area contributed by atoms with E-state index in [1.54, 1.807) is 0 Å². The van der Waals surface area contributed by atoms with Crippen molar-refractivity contribution >= 4 is 15.9 Å². The van der Waals surface area contributed by atoms with Crippen LogP contribution >= 0.6 is 0 Å². The Bertz CT molecular complexity index is 942. The number of hydrogen-bond acceptors (Lipinski definition) is 4. The predicted octanol–water partition coefficient (Wildman–Crippen LogP) is 2.95. The minimum atomic E-state index is -4.22. The lowest BCUT2D eigenvalue weighted by atomic mass is 10.1. The van der Waals surface area contributed by atoms with Crippen LogP contribution in [-0.4, -0.2) is 50.4 Å². The summed E-state index contributed by atoms with van der Waals surface area (Å²) in [6, 6.07) is 13.8. The maximum Gasteiger partial charge on any atom is 0.244 e. The molecule has 0 bridgehead atoms. The molecular formula is C23H32FN3O3S. The predicted molar refractivity (Wildman–Crippen MR) is 121 cm³/mol. The van der Waals surface area contributed by atoms with E-state index in [1.165, 1.54) is 18.2 Å². The lowest BCUT2D eigenvalue weighted by Crippen LogP contribution is -2.50. The molecule has 0 unspecified atom stereocenters. The first kappa shape index (κ1) is 25.0. The van der Waals surface area contributed by atoms with Crippen LogP contribution in [0.4, 0.5) is 4.39 Å². The molecule has 0 spiro atoms. The van der Waals surface area contributed by atoms with Crippen LogP contribution < -0.4 is 10.0 Å². The quantitative estimate of drug-likeness (QED) is 0.553. The number of nitrogens with one attached hydrogen (secondary N) is 2. The summed E-state index contributed by atoms with van der Waals surface area (Å²) < 4.78 is 42.0. The maximum absolute atomic E-state index is 14.1. The molecule has 0 heterocycles. The van der Waals surface area contributed by atoms with Gasteiger partial charge in [0.25, 0.3) is 0 Å². The minimum absolute atomic E-state index is 0.151. The molecule has 31 heavy (non-hydrogen) atoms. The average molecular weight is 450 g/mol. The molecule has 0 aromatic heterocycles. The summed E-state index contributed by atoms with van der Waals surface area (Å²) in [7, 11) is -4.22. The topological polar surface area (TPSA) is 78.5 Å². The van der Waals surface area contributed by atoms with Crippen molar-refractivity contribution in [2.75, 3.05) is 13.1 Å². The molecule has 0 aliphatic rings. The molecule has 170 valence electrons. The van der Waals surface area contributed by atoms with Gasteiger partial charge in [-0.1, -0.05) is 42.5 Å². The molecule has 1 amide bonds. The monoisotopic (exact) mass is 449 g/mol. The Labute approximate surface area is 184 Å². The molecule has 2 rings (SSSR count). The van der Waals surface area contributed by atoms with Gasteiger partial charge in [0.2, 0.25) is 15.9 Å². The Hall–Kier alpha value is -2.29. The van der Waals surface area contributed by atoms with Crippen LogP contribution in [0.1, 0.15) is 33.3 Å².